The Labute approximate surface area is 297 Å². The Morgan fingerprint density at radius 2 is 0.729 bits per heavy atom. The first-order valence-electron chi connectivity index (χ1n) is 16.6. The second-order valence-electron chi connectivity index (χ2n) is 13.4. The molecule has 0 fully saturated rings. The molecule has 0 spiro atoms. The van der Waals surface area contributed by atoms with Crippen LogP contribution < -0.4 is 17.1 Å². The van der Waals surface area contributed by atoms with Crippen molar-refractivity contribution >= 4 is 53.2 Å². The summed E-state index contributed by atoms with van der Waals surface area (Å²) in [5.41, 5.74) is -2.79. The number of esters is 3. The van der Waals surface area contributed by atoms with Crippen molar-refractivity contribution in [1.82, 2.24) is 13.7 Å². The minimum Gasteiger partial charge on any atom is -0.463 e. The van der Waals surface area contributed by atoms with Crippen LogP contribution in [0.5, 0.6) is 0 Å². The smallest absolute Gasteiger partial charge is 0.336 e. The standard InChI is InChI=1S/C33H57N3O9S3/c1-13-31(7,8)46-22(4)25(37)43-19-16-34-28(40)35(17-20-44-26(38)23(5)47-32(9,10)14-2)30(42)36(29(34)41)18-21-45-27(39)24(6)48-33(11,12)15-3/h22-24H,13-21H2,1-12H3. The predicted octanol–water partition coefficient (Wildman–Crippen LogP) is 4.73. The van der Waals surface area contributed by atoms with Crippen molar-refractivity contribution < 1.29 is 28.6 Å². The van der Waals surface area contributed by atoms with E-state index in [2.05, 4.69) is 0 Å². The van der Waals surface area contributed by atoms with Crippen LogP contribution in [0.25, 0.3) is 0 Å². The molecule has 0 radical (unpaired) electrons. The van der Waals surface area contributed by atoms with Gasteiger partial charge >= 0.3 is 35.0 Å². The van der Waals surface area contributed by atoms with E-state index >= 15 is 0 Å². The summed E-state index contributed by atoms with van der Waals surface area (Å²) in [7, 11) is 0. The SMILES string of the molecule is CCC(C)(C)SC(C)C(=O)OCCn1c(=O)n(CCOC(=O)C(C)SC(C)(C)CC)c(=O)n(CCOC(=O)C(C)SC(C)(C)CC)c1=O. The van der Waals surface area contributed by atoms with E-state index in [9.17, 15) is 28.8 Å². The number of rotatable bonds is 21. The fourth-order valence-electron chi connectivity index (χ4n) is 4.15. The maximum absolute atomic E-state index is 13.4. The van der Waals surface area contributed by atoms with Gasteiger partial charge in [0.1, 0.15) is 35.6 Å². The van der Waals surface area contributed by atoms with E-state index in [1.807, 2.05) is 62.3 Å². The summed E-state index contributed by atoms with van der Waals surface area (Å²) < 4.78 is 18.2. The van der Waals surface area contributed by atoms with Crippen molar-refractivity contribution in [2.24, 2.45) is 0 Å². The molecule has 0 aliphatic carbocycles. The zero-order chi connectivity index (χ0) is 37.0. The average Bonchev–Trinajstić information content (AvgIpc) is 3.01. The zero-order valence-electron chi connectivity index (χ0n) is 30.8. The first-order valence-corrected chi connectivity index (χ1v) is 19.2. The predicted molar refractivity (Wildman–Crippen MR) is 196 cm³/mol. The van der Waals surface area contributed by atoms with Crippen molar-refractivity contribution in [3.05, 3.63) is 31.5 Å². The molecule has 1 aromatic heterocycles. The monoisotopic (exact) mass is 735 g/mol. The lowest BCUT2D eigenvalue weighted by Gasteiger charge is -2.25. The second-order valence-corrected chi connectivity index (χ2v) is 19.6. The van der Waals surface area contributed by atoms with Gasteiger partial charge in [-0.25, -0.2) is 28.1 Å². The maximum atomic E-state index is 13.4. The van der Waals surface area contributed by atoms with Crippen LogP contribution in [0, 0.1) is 0 Å². The number of thioether (sulfide) groups is 3. The van der Waals surface area contributed by atoms with Gasteiger partial charge in [-0.3, -0.25) is 14.4 Å². The van der Waals surface area contributed by atoms with Crippen LogP contribution >= 0.6 is 35.3 Å². The van der Waals surface area contributed by atoms with Crippen LogP contribution in [-0.4, -0.2) is 81.4 Å². The van der Waals surface area contributed by atoms with Crippen LogP contribution in [-0.2, 0) is 48.2 Å². The van der Waals surface area contributed by atoms with Crippen molar-refractivity contribution in [1.29, 1.82) is 0 Å². The number of aromatic nitrogens is 3. The molecule has 3 atom stereocenters. The fraction of sp³-hybridized carbons (Fsp3) is 0.818. The number of nitrogens with zero attached hydrogens (tertiary/aromatic N) is 3. The molecule has 48 heavy (non-hydrogen) atoms. The maximum Gasteiger partial charge on any atom is 0.336 e. The van der Waals surface area contributed by atoms with Gasteiger partial charge in [-0.1, -0.05) is 62.3 Å². The van der Waals surface area contributed by atoms with Gasteiger partial charge in [0.05, 0.1) is 19.6 Å². The molecule has 0 saturated heterocycles. The molecule has 1 heterocycles. The second kappa shape index (κ2) is 19.3. The minimum absolute atomic E-state index is 0.142. The summed E-state index contributed by atoms with van der Waals surface area (Å²) in [6.07, 6.45) is 2.54. The number of hydrogen-bond donors (Lipinski definition) is 0. The summed E-state index contributed by atoms with van der Waals surface area (Å²) >= 11 is 4.39. The Morgan fingerprint density at radius 3 is 0.917 bits per heavy atom. The Bertz CT molecular complexity index is 1220. The van der Waals surface area contributed by atoms with E-state index in [0.29, 0.717) is 0 Å². The van der Waals surface area contributed by atoms with Crippen LogP contribution in [0.15, 0.2) is 14.4 Å². The van der Waals surface area contributed by atoms with Crippen LogP contribution in [0.2, 0.25) is 0 Å². The highest BCUT2D eigenvalue weighted by Crippen LogP contribution is 2.33. The van der Waals surface area contributed by atoms with E-state index in [1.165, 1.54) is 35.3 Å². The summed E-state index contributed by atoms with van der Waals surface area (Å²) in [5.74, 6) is -1.46. The minimum atomic E-state index is -0.929. The molecule has 0 aromatic carbocycles. The molecule has 12 nitrogen and oxygen atoms in total. The molecular weight excluding hydrogens is 679 g/mol. The molecular formula is C33H57N3O9S3. The van der Waals surface area contributed by atoms with Crippen molar-refractivity contribution in [2.45, 2.75) is 152 Å². The summed E-state index contributed by atoms with van der Waals surface area (Å²) in [4.78, 5) is 78.2. The van der Waals surface area contributed by atoms with Gasteiger partial charge in [-0.15, -0.1) is 35.3 Å². The molecule has 3 unspecified atom stereocenters. The third-order valence-corrected chi connectivity index (χ3v) is 12.5. The van der Waals surface area contributed by atoms with Gasteiger partial charge in [0, 0.05) is 14.2 Å². The first kappa shape index (κ1) is 43.9. The van der Waals surface area contributed by atoms with Crippen LogP contribution in [0.4, 0.5) is 0 Å². The van der Waals surface area contributed by atoms with Crippen molar-refractivity contribution in [3.63, 3.8) is 0 Å². The van der Waals surface area contributed by atoms with Crippen LogP contribution in [0.3, 0.4) is 0 Å². The molecule has 0 aliphatic heterocycles. The summed E-state index contributed by atoms with van der Waals surface area (Å²) in [5, 5.41) is -1.42. The van der Waals surface area contributed by atoms with Gasteiger partial charge in [0.2, 0.25) is 0 Å². The highest BCUT2D eigenvalue weighted by Gasteiger charge is 2.28. The van der Waals surface area contributed by atoms with Gasteiger partial charge in [0.25, 0.3) is 0 Å². The normalized spacial score (nSPS) is 14.2. The molecule has 0 amide bonds. The lowest BCUT2D eigenvalue weighted by molar-refractivity contribution is -0.143. The van der Waals surface area contributed by atoms with Gasteiger partial charge in [0.15, 0.2) is 0 Å². The highest BCUT2D eigenvalue weighted by molar-refractivity contribution is 8.02. The van der Waals surface area contributed by atoms with Crippen molar-refractivity contribution in [2.75, 3.05) is 19.8 Å². The zero-order valence-corrected chi connectivity index (χ0v) is 33.3. The molecule has 0 aliphatic rings. The highest BCUT2D eigenvalue weighted by atomic mass is 32.2. The number of carbonyl (C=O) groups excluding carboxylic acids is 3. The first-order chi connectivity index (χ1) is 22.1. The van der Waals surface area contributed by atoms with E-state index in [-0.39, 0.29) is 53.7 Å². The molecule has 1 aromatic rings. The Balaban J connectivity index is 3.22. The van der Waals surface area contributed by atoms with E-state index in [1.54, 1.807) is 20.8 Å². The lowest BCUT2D eigenvalue weighted by Crippen LogP contribution is -2.55. The Kier molecular flexibility index (Phi) is 17.7. The molecule has 15 heteroatoms. The average molecular weight is 736 g/mol. The fourth-order valence-corrected chi connectivity index (χ4v) is 8.02. The molecule has 276 valence electrons. The quantitative estimate of drug-likeness (QED) is 0.127. The van der Waals surface area contributed by atoms with Gasteiger partial charge in [-0.05, 0) is 40.0 Å². The third kappa shape index (κ3) is 14.0. The molecule has 0 saturated carbocycles. The molecule has 0 N–H and O–H groups in total. The lowest BCUT2D eigenvalue weighted by atomic mass is 10.1. The number of hydrogen-bond acceptors (Lipinski definition) is 12. The largest absolute Gasteiger partial charge is 0.463 e. The Morgan fingerprint density at radius 1 is 0.521 bits per heavy atom. The Hall–Kier alpha value is -2.13. The summed E-state index contributed by atoms with van der Waals surface area (Å²) in [6.45, 7) is 21.7. The number of carbonyl (C=O) groups is 3. The van der Waals surface area contributed by atoms with Crippen LogP contribution in [0.1, 0.15) is 102 Å². The van der Waals surface area contributed by atoms with E-state index in [4.69, 9.17) is 14.2 Å². The van der Waals surface area contributed by atoms with Gasteiger partial charge < -0.3 is 14.2 Å². The van der Waals surface area contributed by atoms with Crippen molar-refractivity contribution in [3.8, 4) is 0 Å². The molecule has 0 bridgehead atoms. The summed E-state index contributed by atoms with van der Waals surface area (Å²) in [6, 6.07) is 0. The van der Waals surface area contributed by atoms with E-state index in [0.717, 1.165) is 33.0 Å². The van der Waals surface area contributed by atoms with E-state index < -0.39 is 50.7 Å². The topological polar surface area (TPSA) is 145 Å². The van der Waals surface area contributed by atoms with Gasteiger partial charge in [-0.2, -0.15) is 0 Å². The number of ether oxygens (including phenoxy) is 3. The molecule has 1 rings (SSSR count). The third-order valence-electron chi connectivity index (χ3n) is 8.10.